The summed E-state index contributed by atoms with van der Waals surface area (Å²) in [5.74, 6) is 0. The average Bonchev–Trinajstić information content (AvgIpc) is 1.84. The third-order valence-electron chi connectivity index (χ3n) is 1.91. The van der Waals surface area contributed by atoms with Crippen molar-refractivity contribution in [2.45, 2.75) is 43.8 Å². The van der Waals surface area contributed by atoms with Gasteiger partial charge in [0, 0.05) is 4.75 Å². The predicted molar refractivity (Wildman–Crippen MR) is 48.0 cm³/mol. The number of hydrogen-bond donors (Lipinski definition) is 3. The fourth-order valence-electron chi connectivity index (χ4n) is 0.757. The lowest BCUT2D eigenvalue weighted by atomic mass is 10.1. The Morgan fingerprint density at radius 3 is 2.36 bits per heavy atom. The maximum absolute atomic E-state index is 8.85. The molecule has 3 N–H and O–H groups in total. The topological polar surface area (TPSA) is 44.3 Å². The Hall–Kier alpha value is 0.230. The molecule has 1 saturated heterocycles. The quantitative estimate of drug-likeness (QED) is 0.591. The standard InChI is InChI=1S/C7H16N2OS/c1-4-7(2,3)11-6-8-5(10)9-6/h5-6,8-10H,4H2,1-3H3. The average molecular weight is 176 g/mol. The molecule has 0 amide bonds. The third kappa shape index (κ3) is 2.63. The van der Waals surface area contributed by atoms with E-state index in [0.29, 0.717) is 0 Å². The highest BCUT2D eigenvalue weighted by Gasteiger charge is 2.30. The molecule has 11 heavy (non-hydrogen) atoms. The number of thioether (sulfide) groups is 1. The SMILES string of the molecule is CCC(C)(C)SC1NC(O)N1. The first-order valence-corrected chi connectivity index (χ1v) is 4.79. The molecule has 0 saturated carbocycles. The van der Waals surface area contributed by atoms with Crippen LogP contribution in [0.2, 0.25) is 0 Å². The Bertz CT molecular complexity index is 134. The maximum atomic E-state index is 8.85. The van der Waals surface area contributed by atoms with Crippen LogP contribution in [0.3, 0.4) is 0 Å². The minimum Gasteiger partial charge on any atom is -0.365 e. The Labute approximate surface area is 71.9 Å². The zero-order valence-corrected chi connectivity index (χ0v) is 8.03. The Balaban J connectivity index is 2.21. The van der Waals surface area contributed by atoms with Gasteiger partial charge in [-0.15, -0.1) is 11.8 Å². The summed E-state index contributed by atoms with van der Waals surface area (Å²) in [6.07, 6.45) is 0.633. The van der Waals surface area contributed by atoms with E-state index in [4.69, 9.17) is 5.11 Å². The summed E-state index contributed by atoms with van der Waals surface area (Å²) in [7, 11) is 0. The second-order valence-electron chi connectivity index (χ2n) is 3.35. The highest BCUT2D eigenvalue weighted by molar-refractivity contribution is 8.01. The molecule has 4 heteroatoms. The molecule has 1 aliphatic heterocycles. The molecule has 0 spiro atoms. The van der Waals surface area contributed by atoms with Gasteiger partial charge in [0.1, 0.15) is 5.50 Å². The van der Waals surface area contributed by atoms with Crippen LogP contribution in [0.4, 0.5) is 0 Å². The molecule has 0 atom stereocenters. The minimum atomic E-state index is -0.500. The summed E-state index contributed by atoms with van der Waals surface area (Å²) < 4.78 is 0.283. The van der Waals surface area contributed by atoms with Crippen LogP contribution >= 0.6 is 11.8 Å². The van der Waals surface area contributed by atoms with E-state index in [2.05, 4.69) is 31.4 Å². The number of nitrogens with one attached hydrogen (secondary N) is 2. The Morgan fingerprint density at radius 2 is 2.00 bits per heavy atom. The monoisotopic (exact) mass is 176 g/mol. The summed E-state index contributed by atoms with van der Waals surface area (Å²) in [6, 6.07) is 0. The third-order valence-corrected chi connectivity index (χ3v) is 3.34. The number of rotatable bonds is 3. The lowest BCUT2D eigenvalue weighted by Gasteiger charge is -2.39. The molecular formula is C7H16N2OS. The molecule has 0 aromatic rings. The molecular weight excluding hydrogens is 160 g/mol. The number of aliphatic hydroxyl groups excluding tert-OH is 1. The zero-order valence-electron chi connectivity index (χ0n) is 7.22. The highest BCUT2D eigenvalue weighted by atomic mass is 32.2. The van der Waals surface area contributed by atoms with Crippen molar-refractivity contribution in [3.05, 3.63) is 0 Å². The largest absolute Gasteiger partial charge is 0.365 e. The van der Waals surface area contributed by atoms with E-state index < -0.39 is 6.35 Å². The second kappa shape index (κ2) is 3.31. The first-order valence-electron chi connectivity index (χ1n) is 3.91. The number of aliphatic hydroxyl groups is 1. The van der Waals surface area contributed by atoms with Crippen LogP contribution in [0.5, 0.6) is 0 Å². The van der Waals surface area contributed by atoms with Crippen molar-refractivity contribution in [3.8, 4) is 0 Å². The van der Waals surface area contributed by atoms with Gasteiger partial charge in [-0.25, -0.2) is 0 Å². The van der Waals surface area contributed by atoms with Crippen LogP contribution in [0.15, 0.2) is 0 Å². The van der Waals surface area contributed by atoms with Gasteiger partial charge in [0.05, 0.1) is 0 Å². The highest BCUT2D eigenvalue weighted by Crippen LogP contribution is 2.31. The summed E-state index contributed by atoms with van der Waals surface area (Å²) >= 11 is 1.81. The van der Waals surface area contributed by atoms with E-state index >= 15 is 0 Å². The normalized spacial score (nSPS) is 31.6. The summed E-state index contributed by atoms with van der Waals surface area (Å²) in [5.41, 5.74) is 0.222. The van der Waals surface area contributed by atoms with Crippen LogP contribution in [0, 0.1) is 0 Å². The van der Waals surface area contributed by atoms with E-state index in [9.17, 15) is 0 Å². The van der Waals surface area contributed by atoms with Crippen molar-refractivity contribution in [1.29, 1.82) is 0 Å². The van der Waals surface area contributed by atoms with Gasteiger partial charge < -0.3 is 5.11 Å². The van der Waals surface area contributed by atoms with Crippen LogP contribution < -0.4 is 10.6 Å². The van der Waals surface area contributed by atoms with Crippen LogP contribution in [0.25, 0.3) is 0 Å². The molecule has 1 aliphatic rings. The molecule has 0 unspecified atom stereocenters. The van der Waals surface area contributed by atoms with Crippen molar-refractivity contribution in [2.75, 3.05) is 0 Å². The Morgan fingerprint density at radius 1 is 1.45 bits per heavy atom. The maximum Gasteiger partial charge on any atom is 0.164 e. The summed E-state index contributed by atoms with van der Waals surface area (Å²) in [6.45, 7) is 6.57. The van der Waals surface area contributed by atoms with Gasteiger partial charge in [-0.05, 0) is 6.42 Å². The van der Waals surface area contributed by atoms with Crippen molar-refractivity contribution in [3.63, 3.8) is 0 Å². The molecule has 66 valence electrons. The van der Waals surface area contributed by atoms with Gasteiger partial charge in [-0.3, -0.25) is 10.6 Å². The molecule has 1 rings (SSSR count). The summed E-state index contributed by atoms with van der Waals surface area (Å²) in [4.78, 5) is 0. The van der Waals surface area contributed by atoms with Crippen molar-refractivity contribution in [2.24, 2.45) is 0 Å². The Kier molecular flexibility index (Phi) is 2.80. The lowest BCUT2D eigenvalue weighted by Crippen LogP contribution is -2.66. The van der Waals surface area contributed by atoms with Gasteiger partial charge >= 0.3 is 0 Å². The van der Waals surface area contributed by atoms with Gasteiger partial charge in [0.2, 0.25) is 0 Å². The van der Waals surface area contributed by atoms with Crippen LogP contribution in [0.1, 0.15) is 27.2 Å². The molecule has 0 bridgehead atoms. The van der Waals surface area contributed by atoms with E-state index in [-0.39, 0.29) is 10.2 Å². The molecule has 1 fully saturated rings. The van der Waals surface area contributed by atoms with Gasteiger partial charge in [0.15, 0.2) is 6.35 Å². The van der Waals surface area contributed by atoms with Gasteiger partial charge in [0.25, 0.3) is 0 Å². The molecule has 3 nitrogen and oxygen atoms in total. The fourth-order valence-corrected chi connectivity index (χ4v) is 1.96. The van der Waals surface area contributed by atoms with Crippen LogP contribution in [-0.2, 0) is 0 Å². The second-order valence-corrected chi connectivity index (χ2v) is 5.16. The minimum absolute atomic E-state index is 0.222. The van der Waals surface area contributed by atoms with Crippen molar-refractivity contribution >= 4 is 11.8 Å². The molecule has 0 aromatic carbocycles. The summed E-state index contributed by atoms with van der Waals surface area (Å²) in [5, 5.41) is 14.7. The van der Waals surface area contributed by atoms with E-state index in [1.165, 1.54) is 0 Å². The fraction of sp³-hybridized carbons (Fsp3) is 1.00. The zero-order chi connectivity index (χ0) is 8.48. The molecule has 1 heterocycles. The van der Waals surface area contributed by atoms with Crippen molar-refractivity contribution < 1.29 is 5.11 Å². The molecule has 0 aliphatic carbocycles. The predicted octanol–water partition coefficient (Wildman–Crippen LogP) is 0.660. The first-order chi connectivity index (χ1) is 5.03. The first kappa shape index (κ1) is 9.32. The van der Waals surface area contributed by atoms with E-state index in [1.807, 2.05) is 11.8 Å². The van der Waals surface area contributed by atoms with Gasteiger partial charge in [-0.1, -0.05) is 20.8 Å². The van der Waals surface area contributed by atoms with Crippen molar-refractivity contribution in [1.82, 2.24) is 10.6 Å². The van der Waals surface area contributed by atoms with E-state index in [1.54, 1.807) is 0 Å². The van der Waals surface area contributed by atoms with Gasteiger partial charge in [-0.2, -0.15) is 0 Å². The van der Waals surface area contributed by atoms with Crippen LogP contribution in [-0.4, -0.2) is 21.7 Å². The lowest BCUT2D eigenvalue weighted by molar-refractivity contribution is 0.0239. The molecule has 0 aromatic heterocycles. The number of hydrogen-bond acceptors (Lipinski definition) is 4. The van der Waals surface area contributed by atoms with E-state index in [0.717, 1.165) is 6.42 Å². The molecule has 0 radical (unpaired) electrons. The smallest absolute Gasteiger partial charge is 0.164 e.